The van der Waals surface area contributed by atoms with Crippen molar-refractivity contribution >= 4 is 17.3 Å². The Morgan fingerprint density at radius 2 is 1.35 bits per heavy atom. The van der Waals surface area contributed by atoms with Crippen LogP contribution < -0.4 is 0 Å². The lowest BCUT2D eigenvalue weighted by Crippen LogP contribution is -1.97. The summed E-state index contributed by atoms with van der Waals surface area (Å²) < 4.78 is 0. The molecule has 0 saturated heterocycles. The van der Waals surface area contributed by atoms with Gasteiger partial charge in [0, 0.05) is 0 Å². The zero-order valence-corrected chi connectivity index (χ0v) is 13.9. The van der Waals surface area contributed by atoms with Crippen LogP contribution in [0.1, 0.15) is 61.0 Å². The van der Waals surface area contributed by atoms with Crippen LogP contribution in [-0.2, 0) is 0 Å². The number of carboxylic acid groups (broad SMARTS) is 1. The van der Waals surface area contributed by atoms with Crippen LogP contribution in [0, 0.1) is 0 Å². The van der Waals surface area contributed by atoms with Crippen LogP contribution in [0.15, 0.2) is 52.7 Å². The second-order valence-corrected chi connectivity index (χ2v) is 6.17. The van der Waals surface area contributed by atoms with E-state index in [0.717, 1.165) is 5.69 Å². The maximum atomic E-state index is 10.8. The van der Waals surface area contributed by atoms with E-state index >= 15 is 0 Å². The number of hydrogen-bond donors (Lipinski definition) is 1. The fraction of sp³-hybridized carbons (Fsp3) is 0.316. The summed E-state index contributed by atoms with van der Waals surface area (Å²) >= 11 is 0. The van der Waals surface area contributed by atoms with Crippen LogP contribution in [0.4, 0.5) is 11.4 Å². The lowest BCUT2D eigenvalue weighted by molar-refractivity contribution is 0.0697. The Bertz CT molecular complexity index is 717. The number of azo groups is 1. The molecule has 0 saturated carbocycles. The van der Waals surface area contributed by atoms with Gasteiger partial charge in [-0.1, -0.05) is 33.8 Å². The molecule has 0 aliphatic heterocycles. The van der Waals surface area contributed by atoms with Crippen molar-refractivity contribution in [2.75, 3.05) is 0 Å². The molecule has 0 amide bonds. The van der Waals surface area contributed by atoms with Crippen LogP contribution in [0.3, 0.4) is 0 Å². The third-order valence-electron chi connectivity index (χ3n) is 3.71. The van der Waals surface area contributed by atoms with Crippen molar-refractivity contribution in [1.29, 1.82) is 0 Å². The summed E-state index contributed by atoms with van der Waals surface area (Å²) in [6.07, 6.45) is 0. The highest BCUT2D eigenvalue weighted by molar-refractivity contribution is 5.87. The van der Waals surface area contributed by atoms with Gasteiger partial charge in [0.2, 0.25) is 0 Å². The van der Waals surface area contributed by atoms with Gasteiger partial charge in [-0.15, -0.1) is 0 Å². The minimum atomic E-state index is -0.945. The number of rotatable bonds is 5. The van der Waals surface area contributed by atoms with Crippen molar-refractivity contribution in [2.45, 2.75) is 39.5 Å². The fourth-order valence-electron chi connectivity index (χ4n) is 2.44. The standard InChI is InChI=1S/C19H22N2O2/c1-12(2)17-10-9-16(11-18(17)13(3)4)21-20-15-7-5-14(6-8-15)19(22)23/h5-13H,1-4H3,(H,22,23). The molecule has 0 radical (unpaired) electrons. The van der Waals surface area contributed by atoms with Gasteiger partial charge in [-0.05, 0) is 59.4 Å². The van der Waals surface area contributed by atoms with E-state index in [-0.39, 0.29) is 5.56 Å². The van der Waals surface area contributed by atoms with Gasteiger partial charge < -0.3 is 5.11 Å². The molecule has 0 heterocycles. The normalized spacial score (nSPS) is 11.6. The van der Waals surface area contributed by atoms with Crippen molar-refractivity contribution in [2.24, 2.45) is 10.2 Å². The zero-order valence-electron chi connectivity index (χ0n) is 13.9. The molecule has 4 nitrogen and oxygen atoms in total. The van der Waals surface area contributed by atoms with E-state index in [1.807, 2.05) is 6.07 Å². The van der Waals surface area contributed by atoms with Gasteiger partial charge in [0.25, 0.3) is 0 Å². The number of nitrogens with zero attached hydrogens (tertiary/aromatic N) is 2. The van der Waals surface area contributed by atoms with E-state index in [2.05, 4.69) is 50.1 Å². The minimum absolute atomic E-state index is 0.243. The molecule has 0 spiro atoms. The van der Waals surface area contributed by atoms with Crippen LogP contribution in [0.2, 0.25) is 0 Å². The van der Waals surface area contributed by atoms with Crippen molar-refractivity contribution in [3.05, 3.63) is 59.2 Å². The first-order valence-corrected chi connectivity index (χ1v) is 7.77. The third-order valence-corrected chi connectivity index (χ3v) is 3.71. The molecule has 0 unspecified atom stereocenters. The van der Waals surface area contributed by atoms with E-state index in [9.17, 15) is 4.79 Å². The van der Waals surface area contributed by atoms with Crippen molar-refractivity contribution in [3.8, 4) is 0 Å². The Morgan fingerprint density at radius 1 is 0.826 bits per heavy atom. The Labute approximate surface area is 136 Å². The van der Waals surface area contributed by atoms with E-state index in [0.29, 0.717) is 17.5 Å². The maximum absolute atomic E-state index is 10.8. The maximum Gasteiger partial charge on any atom is 0.335 e. The zero-order chi connectivity index (χ0) is 17.0. The predicted molar refractivity (Wildman–Crippen MR) is 92.2 cm³/mol. The summed E-state index contributed by atoms with van der Waals surface area (Å²) in [7, 11) is 0. The van der Waals surface area contributed by atoms with Gasteiger partial charge in [0.1, 0.15) is 0 Å². The van der Waals surface area contributed by atoms with Gasteiger partial charge in [0.15, 0.2) is 0 Å². The molecule has 0 aromatic heterocycles. The van der Waals surface area contributed by atoms with E-state index in [4.69, 9.17) is 5.11 Å². The second-order valence-electron chi connectivity index (χ2n) is 6.17. The molecule has 4 heteroatoms. The molecule has 0 fully saturated rings. The minimum Gasteiger partial charge on any atom is -0.478 e. The Hall–Kier alpha value is -2.49. The smallest absolute Gasteiger partial charge is 0.335 e. The van der Waals surface area contributed by atoms with Gasteiger partial charge in [-0.3, -0.25) is 0 Å². The summed E-state index contributed by atoms with van der Waals surface area (Å²) in [5, 5.41) is 17.3. The third kappa shape index (κ3) is 4.25. The van der Waals surface area contributed by atoms with Gasteiger partial charge in [-0.2, -0.15) is 10.2 Å². The number of benzene rings is 2. The summed E-state index contributed by atoms with van der Waals surface area (Å²) in [4.78, 5) is 10.8. The van der Waals surface area contributed by atoms with Crippen molar-refractivity contribution < 1.29 is 9.90 Å². The van der Waals surface area contributed by atoms with E-state index < -0.39 is 5.97 Å². The van der Waals surface area contributed by atoms with Gasteiger partial charge in [0.05, 0.1) is 16.9 Å². The SMILES string of the molecule is CC(C)c1ccc(N=Nc2ccc(C(=O)O)cc2)cc1C(C)C. The molecule has 23 heavy (non-hydrogen) atoms. The molecular weight excluding hydrogens is 288 g/mol. The molecule has 120 valence electrons. The first kappa shape index (κ1) is 16.9. The first-order valence-electron chi connectivity index (χ1n) is 7.77. The monoisotopic (exact) mass is 310 g/mol. The van der Waals surface area contributed by atoms with E-state index in [1.165, 1.54) is 23.3 Å². The number of carbonyl (C=O) groups is 1. The largest absolute Gasteiger partial charge is 0.478 e. The molecule has 2 rings (SSSR count). The van der Waals surface area contributed by atoms with Crippen LogP contribution in [-0.4, -0.2) is 11.1 Å². The summed E-state index contributed by atoms with van der Waals surface area (Å²) in [6, 6.07) is 12.5. The summed E-state index contributed by atoms with van der Waals surface area (Å²) in [6.45, 7) is 8.72. The highest BCUT2D eigenvalue weighted by atomic mass is 16.4. The number of aromatic carboxylic acids is 1. The lowest BCUT2D eigenvalue weighted by Gasteiger charge is -2.16. The van der Waals surface area contributed by atoms with Gasteiger partial charge in [-0.25, -0.2) is 4.79 Å². The average Bonchev–Trinajstić information content (AvgIpc) is 2.52. The highest BCUT2D eigenvalue weighted by Gasteiger charge is 2.10. The molecule has 0 bridgehead atoms. The topological polar surface area (TPSA) is 62.0 Å². The Balaban J connectivity index is 2.25. The van der Waals surface area contributed by atoms with E-state index in [1.54, 1.807) is 12.1 Å². The molecule has 0 aliphatic carbocycles. The molecule has 0 atom stereocenters. The van der Waals surface area contributed by atoms with Crippen LogP contribution in [0.25, 0.3) is 0 Å². The Morgan fingerprint density at radius 3 is 1.87 bits per heavy atom. The number of hydrogen-bond acceptors (Lipinski definition) is 3. The first-order chi connectivity index (χ1) is 10.9. The quantitative estimate of drug-likeness (QED) is 0.683. The second kappa shape index (κ2) is 7.18. The van der Waals surface area contributed by atoms with Gasteiger partial charge >= 0.3 is 5.97 Å². The highest BCUT2D eigenvalue weighted by Crippen LogP contribution is 2.30. The molecule has 1 N–H and O–H groups in total. The van der Waals surface area contributed by atoms with Crippen molar-refractivity contribution in [1.82, 2.24) is 0 Å². The van der Waals surface area contributed by atoms with Crippen LogP contribution >= 0.6 is 0 Å². The summed E-state index contributed by atoms with van der Waals surface area (Å²) in [5.74, 6) is -0.0429. The molecular formula is C19H22N2O2. The molecule has 2 aromatic carbocycles. The summed E-state index contributed by atoms with van der Waals surface area (Å²) in [5.41, 5.74) is 4.31. The molecule has 0 aliphatic rings. The van der Waals surface area contributed by atoms with Crippen LogP contribution in [0.5, 0.6) is 0 Å². The lowest BCUT2D eigenvalue weighted by atomic mass is 9.90. The Kier molecular flexibility index (Phi) is 5.27. The number of carboxylic acids is 1. The average molecular weight is 310 g/mol. The predicted octanol–water partition coefficient (Wildman–Crippen LogP) is 6.05. The van der Waals surface area contributed by atoms with Crippen molar-refractivity contribution in [3.63, 3.8) is 0 Å². The molecule has 2 aromatic rings. The fourth-order valence-corrected chi connectivity index (χ4v) is 2.44.